The summed E-state index contributed by atoms with van der Waals surface area (Å²) in [5.74, 6) is 1.31. The molecule has 1 aromatic heterocycles. The molecule has 2 aromatic carbocycles. The van der Waals surface area contributed by atoms with Crippen molar-refractivity contribution in [3.63, 3.8) is 0 Å². The first-order valence-electron chi connectivity index (χ1n) is 8.17. The van der Waals surface area contributed by atoms with Crippen LogP contribution in [0.3, 0.4) is 0 Å². The molecule has 122 valence electrons. The van der Waals surface area contributed by atoms with Gasteiger partial charge in [-0.05, 0) is 49.2 Å². The van der Waals surface area contributed by atoms with Crippen molar-refractivity contribution < 1.29 is 9.47 Å². The average Bonchev–Trinajstić information content (AvgIpc) is 2.63. The number of H-pyrrole nitrogens is 1. The second-order valence-electron chi connectivity index (χ2n) is 5.87. The van der Waals surface area contributed by atoms with E-state index in [0.717, 1.165) is 37.2 Å². The van der Waals surface area contributed by atoms with Gasteiger partial charge >= 0.3 is 0 Å². The van der Waals surface area contributed by atoms with Gasteiger partial charge in [0.25, 0.3) is 5.56 Å². The van der Waals surface area contributed by atoms with Crippen molar-refractivity contribution in [2.45, 2.75) is 25.6 Å². The minimum Gasteiger partial charge on any atom is -0.465 e. The first kappa shape index (κ1) is 14.9. The zero-order chi connectivity index (χ0) is 16.4. The Bertz CT molecular complexity index is 896. The Morgan fingerprint density at radius 2 is 1.92 bits per heavy atom. The molecule has 2 heterocycles. The van der Waals surface area contributed by atoms with Crippen LogP contribution in [0.15, 0.2) is 53.3 Å². The van der Waals surface area contributed by atoms with Gasteiger partial charge < -0.3 is 14.5 Å². The number of hydrogen-bond donors (Lipinski definition) is 1. The number of para-hydroxylation sites is 1. The minimum atomic E-state index is -0.164. The normalized spacial score (nSPS) is 17.8. The Hall–Kier alpha value is -2.66. The predicted molar refractivity (Wildman–Crippen MR) is 92.0 cm³/mol. The molecule has 5 heteroatoms. The van der Waals surface area contributed by atoms with E-state index < -0.39 is 0 Å². The summed E-state index contributed by atoms with van der Waals surface area (Å²) in [6, 6.07) is 14.9. The van der Waals surface area contributed by atoms with E-state index in [4.69, 9.17) is 9.47 Å². The first-order chi connectivity index (χ1) is 11.8. The summed E-state index contributed by atoms with van der Waals surface area (Å²) in [7, 11) is 0. The summed E-state index contributed by atoms with van der Waals surface area (Å²) in [5, 5.41) is 0.593. The van der Waals surface area contributed by atoms with Crippen LogP contribution in [0, 0.1) is 0 Å². The Morgan fingerprint density at radius 1 is 1.08 bits per heavy atom. The molecule has 24 heavy (non-hydrogen) atoms. The number of rotatable bonds is 3. The second kappa shape index (κ2) is 6.45. The van der Waals surface area contributed by atoms with Crippen LogP contribution in [-0.2, 0) is 4.74 Å². The molecule has 0 saturated carbocycles. The van der Waals surface area contributed by atoms with Gasteiger partial charge in [0.15, 0.2) is 6.29 Å². The Balaban J connectivity index is 1.59. The Morgan fingerprint density at radius 3 is 2.71 bits per heavy atom. The third-order valence-corrected chi connectivity index (χ3v) is 4.15. The molecule has 0 aliphatic carbocycles. The summed E-state index contributed by atoms with van der Waals surface area (Å²) in [4.78, 5) is 19.5. The quantitative estimate of drug-likeness (QED) is 0.801. The van der Waals surface area contributed by atoms with Crippen molar-refractivity contribution in [2.75, 3.05) is 6.61 Å². The van der Waals surface area contributed by atoms with E-state index in [1.165, 1.54) is 0 Å². The van der Waals surface area contributed by atoms with Crippen LogP contribution >= 0.6 is 0 Å². The van der Waals surface area contributed by atoms with Gasteiger partial charge in [-0.1, -0.05) is 12.1 Å². The van der Waals surface area contributed by atoms with Crippen LogP contribution in [-0.4, -0.2) is 22.9 Å². The highest BCUT2D eigenvalue weighted by molar-refractivity contribution is 5.79. The maximum absolute atomic E-state index is 12.2. The zero-order valence-corrected chi connectivity index (χ0v) is 13.2. The molecule has 4 rings (SSSR count). The van der Waals surface area contributed by atoms with E-state index in [0.29, 0.717) is 16.7 Å². The summed E-state index contributed by atoms with van der Waals surface area (Å²) < 4.78 is 11.4. The van der Waals surface area contributed by atoms with E-state index in [9.17, 15) is 4.79 Å². The smallest absolute Gasteiger partial charge is 0.259 e. The topological polar surface area (TPSA) is 64.2 Å². The molecule has 1 aliphatic rings. The highest BCUT2D eigenvalue weighted by atomic mass is 16.7. The van der Waals surface area contributed by atoms with Crippen LogP contribution in [0.2, 0.25) is 0 Å². The zero-order valence-electron chi connectivity index (χ0n) is 13.2. The third-order valence-electron chi connectivity index (χ3n) is 4.15. The summed E-state index contributed by atoms with van der Waals surface area (Å²) in [6.45, 7) is 0.755. The molecule has 0 radical (unpaired) electrons. The third kappa shape index (κ3) is 3.03. The number of aromatic amines is 1. The lowest BCUT2D eigenvalue weighted by Gasteiger charge is -2.23. The molecule has 0 spiro atoms. The van der Waals surface area contributed by atoms with Gasteiger partial charge in [0.1, 0.15) is 11.6 Å². The van der Waals surface area contributed by atoms with E-state index in [1.807, 2.05) is 42.5 Å². The number of fused-ring (bicyclic) bond motifs is 1. The maximum Gasteiger partial charge on any atom is 0.259 e. The molecule has 1 fully saturated rings. The summed E-state index contributed by atoms with van der Waals surface area (Å²) in [5.41, 5.74) is 1.40. The van der Waals surface area contributed by atoms with Crippen molar-refractivity contribution in [1.82, 2.24) is 9.97 Å². The molecule has 1 unspecified atom stereocenters. The number of hydrogen-bond acceptors (Lipinski definition) is 4. The van der Waals surface area contributed by atoms with E-state index >= 15 is 0 Å². The summed E-state index contributed by atoms with van der Waals surface area (Å²) >= 11 is 0. The van der Waals surface area contributed by atoms with Crippen LogP contribution < -0.4 is 10.3 Å². The van der Waals surface area contributed by atoms with Crippen LogP contribution in [0.4, 0.5) is 0 Å². The first-order valence-corrected chi connectivity index (χ1v) is 8.17. The molecule has 1 saturated heterocycles. The Labute approximate surface area is 139 Å². The van der Waals surface area contributed by atoms with Gasteiger partial charge in [-0.25, -0.2) is 4.98 Å². The lowest BCUT2D eigenvalue weighted by atomic mass is 10.2. The fourth-order valence-electron chi connectivity index (χ4n) is 2.87. The second-order valence-corrected chi connectivity index (χ2v) is 5.87. The molecule has 0 amide bonds. The van der Waals surface area contributed by atoms with Gasteiger partial charge in [0, 0.05) is 12.0 Å². The predicted octanol–water partition coefficient (Wildman–Crippen LogP) is 3.50. The SMILES string of the molecule is O=c1[nH]c(-c2ccc(OC3CCCCO3)cc2)nc2ccccc12. The van der Waals surface area contributed by atoms with Crippen LogP contribution in [0.1, 0.15) is 19.3 Å². The van der Waals surface area contributed by atoms with Gasteiger partial charge in [-0.3, -0.25) is 4.79 Å². The van der Waals surface area contributed by atoms with Crippen molar-refractivity contribution in [3.05, 3.63) is 58.9 Å². The summed E-state index contributed by atoms with van der Waals surface area (Å²) in [6.07, 6.45) is 2.98. The number of benzene rings is 2. The van der Waals surface area contributed by atoms with Crippen molar-refractivity contribution in [1.29, 1.82) is 0 Å². The fourth-order valence-corrected chi connectivity index (χ4v) is 2.87. The van der Waals surface area contributed by atoms with Gasteiger partial charge in [0.05, 0.1) is 17.5 Å². The lowest BCUT2D eigenvalue weighted by molar-refractivity contribution is -0.105. The number of nitrogens with zero attached hydrogens (tertiary/aromatic N) is 1. The van der Waals surface area contributed by atoms with Gasteiger partial charge in [-0.2, -0.15) is 0 Å². The van der Waals surface area contributed by atoms with E-state index in [2.05, 4.69) is 9.97 Å². The van der Waals surface area contributed by atoms with Crippen LogP contribution in [0.5, 0.6) is 5.75 Å². The van der Waals surface area contributed by atoms with Crippen molar-refractivity contribution in [3.8, 4) is 17.1 Å². The lowest BCUT2D eigenvalue weighted by Crippen LogP contribution is -2.24. The maximum atomic E-state index is 12.2. The largest absolute Gasteiger partial charge is 0.465 e. The minimum absolute atomic E-state index is 0.133. The standard InChI is InChI=1S/C19H18N2O3/c22-19-15-5-1-2-6-16(15)20-18(21-19)13-8-10-14(11-9-13)24-17-7-3-4-12-23-17/h1-2,5-6,8-11,17H,3-4,7,12H2,(H,20,21,22). The van der Waals surface area contributed by atoms with Crippen molar-refractivity contribution in [2.24, 2.45) is 0 Å². The molecule has 1 aliphatic heterocycles. The molecular formula is C19H18N2O3. The van der Waals surface area contributed by atoms with E-state index in [-0.39, 0.29) is 11.8 Å². The van der Waals surface area contributed by atoms with E-state index in [1.54, 1.807) is 6.07 Å². The molecule has 5 nitrogen and oxygen atoms in total. The molecule has 1 N–H and O–H groups in total. The Kier molecular flexibility index (Phi) is 4.01. The fraction of sp³-hybridized carbons (Fsp3) is 0.263. The molecule has 3 aromatic rings. The molecule has 1 atom stereocenters. The highest BCUT2D eigenvalue weighted by Gasteiger charge is 2.15. The highest BCUT2D eigenvalue weighted by Crippen LogP contribution is 2.23. The average molecular weight is 322 g/mol. The van der Waals surface area contributed by atoms with Crippen molar-refractivity contribution >= 4 is 10.9 Å². The number of nitrogens with one attached hydrogen (secondary N) is 1. The molecule has 0 bridgehead atoms. The number of ether oxygens (including phenoxy) is 2. The monoisotopic (exact) mass is 322 g/mol. The van der Waals surface area contributed by atoms with Gasteiger partial charge in [0.2, 0.25) is 0 Å². The number of aromatic nitrogens is 2. The van der Waals surface area contributed by atoms with Crippen LogP contribution in [0.25, 0.3) is 22.3 Å². The molecular weight excluding hydrogens is 304 g/mol. The van der Waals surface area contributed by atoms with Gasteiger partial charge in [-0.15, -0.1) is 0 Å².